The van der Waals surface area contributed by atoms with Crippen LogP contribution in [0.15, 0.2) is 146 Å². The molecule has 0 aliphatic rings. The van der Waals surface area contributed by atoms with E-state index in [1.807, 2.05) is 27.2 Å². The molecule has 1 amide bonds. The third-order valence-electron chi connectivity index (χ3n) is 15.8. The monoisotopic (exact) mass is 1260 g/mol. The highest BCUT2D eigenvalue weighted by molar-refractivity contribution is 7.45. The van der Waals surface area contributed by atoms with Crippen LogP contribution >= 0.6 is 7.82 Å². The molecule has 0 rings (SSSR count). The van der Waals surface area contributed by atoms with Crippen LogP contribution in [0.2, 0.25) is 0 Å². The second kappa shape index (κ2) is 68.7. The van der Waals surface area contributed by atoms with Gasteiger partial charge in [0.05, 0.1) is 39.9 Å². The van der Waals surface area contributed by atoms with Crippen molar-refractivity contribution in [3.63, 3.8) is 0 Å². The van der Waals surface area contributed by atoms with E-state index >= 15 is 0 Å². The lowest BCUT2D eigenvalue weighted by molar-refractivity contribution is -0.870. The summed E-state index contributed by atoms with van der Waals surface area (Å²) in [6.45, 7) is 4.51. The Morgan fingerprint density at radius 3 is 1.04 bits per heavy atom. The molecule has 0 aromatic rings. The Labute approximate surface area is 550 Å². The Hall–Kier alpha value is -3.62. The number of hydrogen-bond donors (Lipinski definition) is 2. The highest BCUT2D eigenvalue weighted by Crippen LogP contribution is 2.38. The van der Waals surface area contributed by atoms with Gasteiger partial charge in [0.15, 0.2) is 0 Å². The number of likely N-dealkylation sites (N-methyl/N-ethyl adjacent to an activating group) is 1. The second-order valence-corrected chi connectivity index (χ2v) is 27.0. The van der Waals surface area contributed by atoms with Crippen LogP contribution in [0.4, 0.5) is 0 Å². The third-order valence-corrected chi connectivity index (χ3v) is 16.7. The van der Waals surface area contributed by atoms with Crippen LogP contribution in [-0.2, 0) is 18.4 Å². The SMILES string of the molecule is CC/C=C\C/C=C\C/C=C\C/C=C\C/C=C\C/C=C\C/C=C\C/C=C\C/C=C\C/C=C\CCCCCCC(=O)NC(COP(=O)([O-])OCC[N+](C)(C)C)C(O)/C=C/CC/C=C/CCCCCCCCCCCCCCCCCCCCCCCCCCCC. The van der Waals surface area contributed by atoms with Crippen molar-refractivity contribution in [2.75, 3.05) is 40.9 Å². The van der Waals surface area contributed by atoms with E-state index in [0.29, 0.717) is 23.9 Å². The molecule has 0 bridgehead atoms. The zero-order chi connectivity index (χ0) is 64.8. The Morgan fingerprint density at radius 1 is 0.404 bits per heavy atom. The van der Waals surface area contributed by atoms with Gasteiger partial charge in [-0.05, 0) is 109 Å². The van der Waals surface area contributed by atoms with Crippen LogP contribution in [-0.4, -0.2) is 68.5 Å². The molecule has 3 unspecified atom stereocenters. The molecule has 0 aromatic heterocycles. The highest BCUT2D eigenvalue weighted by atomic mass is 31.2. The quantitative estimate of drug-likeness (QED) is 0.0272. The molecule has 0 spiro atoms. The zero-order valence-electron chi connectivity index (χ0n) is 58.3. The van der Waals surface area contributed by atoms with Crippen molar-refractivity contribution in [3.05, 3.63) is 146 Å². The number of aliphatic hydroxyl groups excluding tert-OH is 1. The van der Waals surface area contributed by atoms with Gasteiger partial charge in [0, 0.05) is 6.42 Å². The van der Waals surface area contributed by atoms with Crippen LogP contribution in [0, 0.1) is 0 Å². The summed E-state index contributed by atoms with van der Waals surface area (Å²) in [6, 6.07) is -0.931. The highest BCUT2D eigenvalue weighted by Gasteiger charge is 2.23. The van der Waals surface area contributed by atoms with Gasteiger partial charge in [-0.25, -0.2) is 0 Å². The largest absolute Gasteiger partial charge is 0.756 e. The molecule has 0 radical (unpaired) electrons. The van der Waals surface area contributed by atoms with E-state index in [4.69, 9.17) is 9.05 Å². The summed E-state index contributed by atoms with van der Waals surface area (Å²) in [5, 5.41) is 13.9. The number of amides is 1. The molecule has 0 aliphatic heterocycles. The van der Waals surface area contributed by atoms with Gasteiger partial charge in [-0.2, -0.15) is 0 Å². The second-order valence-electron chi connectivity index (χ2n) is 25.6. The lowest BCUT2D eigenvalue weighted by Gasteiger charge is -2.29. The predicted molar refractivity (Wildman–Crippen MR) is 389 cm³/mol. The molecule has 89 heavy (non-hydrogen) atoms. The van der Waals surface area contributed by atoms with E-state index in [9.17, 15) is 19.4 Å². The lowest BCUT2D eigenvalue weighted by atomic mass is 10.0. The summed E-state index contributed by atoms with van der Waals surface area (Å²) in [6.07, 6.45) is 106. The summed E-state index contributed by atoms with van der Waals surface area (Å²) in [5.41, 5.74) is 0. The summed E-state index contributed by atoms with van der Waals surface area (Å²) >= 11 is 0. The fraction of sp³-hybridized carbons (Fsp3) is 0.688. The number of carbonyl (C=O) groups excluding carboxylic acids is 1. The average Bonchev–Trinajstić information content (AvgIpc) is 3.64. The predicted octanol–water partition coefficient (Wildman–Crippen LogP) is 23.3. The molecule has 0 heterocycles. The van der Waals surface area contributed by atoms with Crippen molar-refractivity contribution >= 4 is 13.7 Å². The number of phosphoric acid groups is 1. The van der Waals surface area contributed by atoms with E-state index in [1.54, 1.807) is 6.08 Å². The average molecular weight is 1260 g/mol. The minimum absolute atomic E-state index is 0.0194. The molecular weight excluding hydrogens is 1120 g/mol. The standard InChI is InChI=1S/C80H139N2O6P/c1-6-8-10-12-14-16-18-20-22-24-26-28-30-32-34-36-38-40-41-42-44-46-48-50-52-54-56-58-60-62-64-66-68-70-72-74-80(84)81-78(77-88-89(85,86)87-76-75-82(3,4)5)79(83)73-71-69-67-65-63-61-59-57-55-53-51-49-47-45-43-39-37-35-33-31-29-27-25-23-21-19-17-15-13-11-9-7-2/h8,10,14,16,20,22,26,28,32,34,38,40,42,44,48,50,54,56,60,62-63,65,71,73,78-79,83H,6-7,9,11-13,15,17-19,21,23-25,27,29-31,33,35-37,39,41,43,45-47,49,51-53,55,57-59,61,64,66-70,72,74-77H2,1-5H3,(H-,81,84,85,86)/b10-8-,16-14-,22-20-,28-26-,34-32-,40-38-,44-42-,50-48-,56-54-,62-60-,65-63+,73-71+. The molecule has 3 atom stereocenters. The van der Waals surface area contributed by atoms with Gasteiger partial charge in [-0.1, -0.05) is 333 Å². The van der Waals surface area contributed by atoms with E-state index in [0.717, 1.165) is 109 Å². The summed E-state index contributed by atoms with van der Waals surface area (Å²) in [7, 11) is 1.21. The van der Waals surface area contributed by atoms with Crippen molar-refractivity contribution in [1.29, 1.82) is 0 Å². The van der Waals surface area contributed by atoms with Gasteiger partial charge in [-0.15, -0.1) is 0 Å². The molecule has 0 saturated heterocycles. The number of quaternary nitrogens is 1. The molecule has 0 aliphatic carbocycles. The fourth-order valence-corrected chi connectivity index (χ4v) is 10.9. The first-order chi connectivity index (χ1) is 43.5. The van der Waals surface area contributed by atoms with E-state index in [-0.39, 0.29) is 12.5 Å². The van der Waals surface area contributed by atoms with E-state index in [1.165, 1.54) is 167 Å². The van der Waals surface area contributed by atoms with Crippen molar-refractivity contribution < 1.29 is 32.9 Å². The first-order valence-corrected chi connectivity index (χ1v) is 38.2. The number of carbonyl (C=O) groups is 1. The molecule has 0 fully saturated rings. The molecular formula is C80H139N2O6P. The van der Waals surface area contributed by atoms with Crippen LogP contribution in [0.1, 0.15) is 303 Å². The van der Waals surface area contributed by atoms with Crippen molar-refractivity contribution in [1.82, 2.24) is 5.32 Å². The first-order valence-electron chi connectivity index (χ1n) is 36.7. The van der Waals surface area contributed by atoms with Crippen LogP contribution in [0.5, 0.6) is 0 Å². The Morgan fingerprint density at radius 2 is 0.697 bits per heavy atom. The van der Waals surface area contributed by atoms with Gasteiger partial charge in [-0.3, -0.25) is 9.36 Å². The zero-order valence-corrected chi connectivity index (χ0v) is 59.2. The van der Waals surface area contributed by atoms with Gasteiger partial charge in [0.25, 0.3) is 7.82 Å². The van der Waals surface area contributed by atoms with Gasteiger partial charge >= 0.3 is 0 Å². The summed E-state index contributed by atoms with van der Waals surface area (Å²) in [5.74, 6) is -0.235. The minimum Gasteiger partial charge on any atom is -0.756 e. The molecule has 2 N–H and O–H groups in total. The molecule has 0 saturated carbocycles. The van der Waals surface area contributed by atoms with Crippen LogP contribution in [0.25, 0.3) is 0 Å². The lowest BCUT2D eigenvalue weighted by Crippen LogP contribution is -2.45. The maximum Gasteiger partial charge on any atom is 0.268 e. The minimum atomic E-state index is -4.63. The number of rotatable bonds is 66. The third kappa shape index (κ3) is 71.7. The van der Waals surface area contributed by atoms with E-state index < -0.39 is 26.6 Å². The maximum atomic E-state index is 13.0. The number of nitrogens with zero attached hydrogens (tertiary/aromatic N) is 1. The topological polar surface area (TPSA) is 108 Å². The molecule has 0 aromatic carbocycles. The number of nitrogens with one attached hydrogen (secondary N) is 1. The summed E-state index contributed by atoms with van der Waals surface area (Å²) in [4.78, 5) is 25.6. The van der Waals surface area contributed by atoms with Crippen molar-refractivity contribution in [2.45, 2.75) is 315 Å². The van der Waals surface area contributed by atoms with Gasteiger partial charge in [0.1, 0.15) is 13.2 Å². The number of unbranched alkanes of at least 4 members (excludes halogenated alkanes) is 31. The van der Waals surface area contributed by atoms with Crippen molar-refractivity contribution in [3.8, 4) is 0 Å². The number of aliphatic hydroxyl groups is 1. The normalized spacial score (nSPS) is 14.5. The molecule has 510 valence electrons. The van der Waals surface area contributed by atoms with Crippen LogP contribution in [0.3, 0.4) is 0 Å². The molecule has 8 nitrogen and oxygen atoms in total. The van der Waals surface area contributed by atoms with Crippen molar-refractivity contribution in [2.24, 2.45) is 0 Å². The number of allylic oxidation sites excluding steroid dienone is 23. The molecule has 9 heteroatoms. The Bertz CT molecular complexity index is 1960. The van der Waals surface area contributed by atoms with Gasteiger partial charge in [0.2, 0.25) is 5.91 Å². The smallest absolute Gasteiger partial charge is 0.268 e. The van der Waals surface area contributed by atoms with Gasteiger partial charge < -0.3 is 28.8 Å². The number of phosphoric ester groups is 1. The Balaban J connectivity index is 4.21. The van der Waals surface area contributed by atoms with E-state index in [2.05, 4.69) is 153 Å². The number of hydrogen-bond acceptors (Lipinski definition) is 6. The first kappa shape index (κ1) is 85.4. The summed E-state index contributed by atoms with van der Waals surface area (Å²) < 4.78 is 23.4. The maximum absolute atomic E-state index is 13.0. The Kier molecular flexibility index (Phi) is 65.9. The van der Waals surface area contributed by atoms with Crippen LogP contribution < -0.4 is 10.2 Å². The fourth-order valence-electron chi connectivity index (χ4n) is 10.1.